The minimum Gasteiger partial charge on any atom is -0.349 e. The molecule has 0 bridgehead atoms. The van der Waals surface area contributed by atoms with Crippen LogP contribution in [-0.2, 0) is 4.79 Å². The Labute approximate surface area is 177 Å². The maximum atomic E-state index is 12.7. The summed E-state index contributed by atoms with van der Waals surface area (Å²) in [4.78, 5) is 25.2. The Bertz CT molecular complexity index is 826. The van der Waals surface area contributed by atoms with Gasteiger partial charge in [0.25, 0.3) is 5.91 Å². The number of thiophene rings is 1. The first-order valence-corrected chi connectivity index (χ1v) is 11.3. The van der Waals surface area contributed by atoms with Gasteiger partial charge in [0, 0.05) is 24.0 Å². The van der Waals surface area contributed by atoms with Crippen LogP contribution in [0.3, 0.4) is 0 Å². The summed E-state index contributed by atoms with van der Waals surface area (Å²) < 4.78 is 0. The summed E-state index contributed by atoms with van der Waals surface area (Å²) in [7, 11) is 0. The molecular formula is C23H31N3O2S. The lowest BCUT2D eigenvalue weighted by atomic mass is 9.90. The second-order valence-corrected chi connectivity index (χ2v) is 8.96. The van der Waals surface area contributed by atoms with E-state index in [1.165, 1.54) is 16.9 Å². The molecule has 1 atom stereocenters. The number of amides is 2. The van der Waals surface area contributed by atoms with Crippen LogP contribution in [0.25, 0.3) is 0 Å². The highest BCUT2D eigenvalue weighted by Gasteiger charge is 2.30. The second kappa shape index (κ2) is 9.55. The Hall–Kier alpha value is -2.18. The first-order valence-electron chi connectivity index (χ1n) is 10.5. The maximum absolute atomic E-state index is 12.7. The molecule has 5 nitrogen and oxygen atoms in total. The van der Waals surface area contributed by atoms with Crippen molar-refractivity contribution in [2.75, 3.05) is 11.9 Å². The Kier molecular flexibility index (Phi) is 7.09. The number of carbonyl (C=O) groups is 2. The van der Waals surface area contributed by atoms with Crippen LogP contribution in [0.4, 0.5) is 5.00 Å². The summed E-state index contributed by atoms with van der Waals surface area (Å²) in [6.45, 7) is 7.01. The third-order valence-electron chi connectivity index (χ3n) is 5.79. The number of nitrogens with one attached hydrogen (secondary N) is 3. The molecule has 29 heavy (non-hydrogen) atoms. The third-order valence-corrected chi connectivity index (χ3v) is 6.79. The number of anilines is 1. The quantitative estimate of drug-likeness (QED) is 0.527. The molecule has 1 aliphatic rings. The van der Waals surface area contributed by atoms with Crippen LogP contribution in [0.5, 0.6) is 0 Å². The van der Waals surface area contributed by atoms with Gasteiger partial charge in [0.15, 0.2) is 0 Å². The van der Waals surface area contributed by atoms with Gasteiger partial charge in [-0.15, -0.1) is 11.3 Å². The molecule has 1 fully saturated rings. The van der Waals surface area contributed by atoms with Gasteiger partial charge in [-0.2, -0.15) is 0 Å². The fraction of sp³-hybridized carbons (Fsp3) is 0.478. The van der Waals surface area contributed by atoms with E-state index in [1.54, 1.807) is 6.07 Å². The molecule has 1 saturated carbocycles. The highest BCUT2D eigenvalue weighted by atomic mass is 32.1. The molecule has 0 saturated heterocycles. The van der Waals surface area contributed by atoms with Gasteiger partial charge in [0.05, 0.1) is 9.88 Å². The monoisotopic (exact) mass is 413 g/mol. The van der Waals surface area contributed by atoms with Crippen molar-refractivity contribution in [2.24, 2.45) is 5.92 Å². The maximum Gasteiger partial charge on any atom is 0.261 e. The molecule has 0 spiro atoms. The van der Waals surface area contributed by atoms with Crippen molar-refractivity contribution in [1.82, 2.24) is 10.6 Å². The highest BCUT2D eigenvalue weighted by Crippen LogP contribution is 2.31. The Morgan fingerprint density at radius 1 is 1.10 bits per heavy atom. The van der Waals surface area contributed by atoms with E-state index in [2.05, 4.69) is 48.9 Å². The van der Waals surface area contributed by atoms with Crippen molar-refractivity contribution < 1.29 is 9.59 Å². The molecule has 1 heterocycles. The average molecular weight is 414 g/mol. The van der Waals surface area contributed by atoms with Gasteiger partial charge in [0.2, 0.25) is 5.91 Å². The van der Waals surface area contributed by atoms with Crippen LogP contribution in [-0.4, -0.2) is 23.9 Å². The van der Waals surface area contributed by atoms with Crippen LogP contribution in [0.15, 0.2) is 42.5 Å². The summed E-state index contributed by atoms with van der Waals surface area (Å²) >= 11 is 1.33. The van der Waals surface area contributed by atoms with Crippen LogP contribution in [0.2, 0.25) is 0 Å². The normalized spacial score (nSPS) is 15.0. The molecule has 6 heteroatoms. The van der Waals surface area contributed by atoms with Gasteiger partial charge >= 0.3 is 0 Å². The van der Waals surface area contributed by atoms with E-state index in [4.69, 9.17) is 0 Å². The predicted molar refractivity (Wildman–Crippen MR) is 119 cm³/mol. The minimum atomic E-state index is -0.175. The van der Waals surface area contributed by atoms with E-state index in [1.807, 2.05) is 24.3 Å². The van der Waals surface area contributed by atoms with E-state index >= 15 is 0 Å². The number of rotatable bonds is 10. The van der Waals surface area contributed by atoms with Crippen LogP contribution in [0.1, 0.15) is 67.7 Å². The number of benzene rings is 1. The SMILES string of the molecule is CCC(CC)(CNC(=O)c1ccc(NC(=O)C2CC2)s1)NC(C)c1ccccc1. The molecule has 1 aliphatic carbocycles. The molecule has 1 aromatic carbocycles. The van der Waals surface area contributed by atoms with Crippen molar-refractivity contribution >= 4 is 28.2 Å². The second-order valence-electron chi connectivity index (χ2n) is 7.87. The van der Waals surface area contributed by atoms with Gasteiger partial charge in [-0.05, 0) is 50.3 Å². The average Bonchev–Trinajstić information content (AvgIpc) is 3.51. The van der Waals surface area contributed by atoms with Crippen LogP contribution in [0, 0.1) is 5.92 Å². The molecule has 3 rings (SSSR count). The van der Waals surface area contributed by atoms with Gasteiger partial charge < -0.3 is 16.0 Å². The Morgan fingerprint density at radius 3 is 2.41 bits per heavy atom. The Balaban J connectivity index is 1.58. The van der Waals surface area contributed by atoms with E-state index < -0.39 is 0 Å². The molecule has 156 valence electrons. The van der Waals surface area contributed by atoms with E-state index in [9.17, 15) is 9.59 Å². The number of hydrogen-bond acceptors (Lipinski definition) is 4. The van der Waals surface area contributed by atoms with Gasteiger partial charge in [-0.3, -0.25) is 9.59 Å². The fourth-order valence-electron chi connectivity index (χ4n) is 3.47. The zero-order valence-electron chi connectivity index (χ0n) is 17.5. The van der Waals surface area contributed by atoms with Crippen LogP contribution < -0.4 is 16.0 Å². The van der Waals surface area contributed by atoms with Gasteiger partial charge in [0.1, 0.15) is 0 Å². The first-order chi connectivity index (χ1) is 14.0. The molecule has 2 aromatic rings. The van der Waals surface area contributed by atoms with Gasteiger partial charge in [-0.1, -0.05) is 44.2 Å². The van der Waals surface area contributed by atoms with Crippen molar-refractivity contribution in [3.05, 3.63) is 52.9 Å². The largest absolute Gasteiger partial charge is 0.349 e. The lowest BCUT2D eigenvalue weighted by Crippen LogP contribution is -2.53. The number of carbonyl (C=O) groups excluding carboxylic acids is 2. The summed E-state index contributed by atoms with van der Waals surface area (Å²) in [5.41, 5.74) is 1.06. The topological polar surface area (TPSA) is 70.2 Å². The van der Waals surface area contributed by atoms with Crippen molar-refractivity contribution in [1.29, 1.82) is 0 Å². The lowest BCUT2D eigenvalue weighted by molar-refractivity contribution is -0.117. The fourth-order valence-corrected chi connectivity index (χ4v) is 4.30. The minimum absolute atomic E-state index is 0.0638. The summed E-state index contributed by atoms with van der Waals surface area (Å²) in [5.74, 6) is 0.123. The lowest BCUT2D eigenvalue weighted by Gasteiger charge is -2.36. The third kappa shape index (κ3) is 5.67. The first kappa shape index (κ1) is 21.5. The summed E-state index contributed by atoms with van der Waals surface area (Å²) in [6.07, 6.45) is 3.76. The van der Waals surface area contributed by atoms with E-state index in [0.717, 1.165) is 30.7 Å². The zero-order chi connectivity index (χ0) is 20.9. The zero-order valence-corrected chi connectivity index (χ0v) is 18.3. The standard InChI is InChI=1S/C23H31N3O2S/c1-4-23(5-2,26-16(3)17-9-7-6-8-10-17)15-24-22(28)19-13-14-20(29-19)25-21(27)18-11-12-18/h6-10,13-14,16,18,26H,4-5,11-12,15H2,1-3H3,(H,24,28)(H,25,27). The summed E-state index contributed by atoms with van der Waals surface area (Å²) in [5, 5.41) is 10.5. The van der Waals surface area contributed by atoms with Gasteiger partial charge in [-0.25, -0.2) is 0 Å². The molecule has 0 aliphatic heterocycles. The van der Waals surface area contributed by atoms with Crippen molar-refractivity contribution in [3.8, 4) is 0 Å². The van der Waals surface area contributed by atoms with Crippen molar-refractivity contribution in [2.45, 2.75) is 58.0 Å². The predicted octanol–water partition coefficient (Wildman–Crippen LogP) is 4.74. The van der Waals surface area contributed by atoms with Crippen LogP contribution >= 0.6 is 11.3 Å². The Morgan fingerprint density at radius 2 is 1.79 bits per heavy atom. The molecule has 0 radical (unpaired) electrons. The molecule has 3 N–H and O–H groups in total. The van der Waals surface area contributed by atoms with E-state index in [-0.39, 0.29) is 29.3 Å². The molecule has 1 aromatic heterocycles. The van der Waals surface area contributed by atoms with Crippen molar-refractivity contribution in [3.63, 3.8) is 0 Å². The number of hydrogen-bond donors (Lipinski definition) is 3. The molecular weight excluding hydrogens is 382 g/mol. The summed E-state index contributed by atoms with van der Waals surface area (Å²) in [6, 6.07) is 14.1. The molecule has 2 amide bonds. The van der Waals surface area contributed by atoms with E-state index in [0.29, 0.717) is 11.4 Å². The smallest absolute Gasteiger partial charge is 0.261 e. The molecule has 1 unspecified atom stereocenters. The highest BCUT2D eigenvalue weighted by molar-refractivity contribution is 7.18.